The fourth-order valence-corrected chi connectivity index (χ4v) is 2.88. The van der Waals surface area contributed by atoms with E-state index in [0.29, 0.717) is 0 Å². The molecule has 1 aliphatic rings. The molecule has 0 saturated carbocycles. The van der Waals surface area contributed by atoms with Gasteiger partial charge in [0.25, 0.3) is 0 Å². The molecule has 17 heavy (non-hydrogen) atoms. The Morgan fingerprint density at radius 1 is 1.24 bits per heavy atom. The quantitative estimate of drug-likeness (QED) is 0.563. The minimum atomic E-state index is 0.776. The average molecular weight is 252 g/mol. The Balaban J connectivity index is 1.97. The van der Waals surface area contributed by atoms with E-state index >= 15 is 0 Å². The summed E-state index contributed by atoms with van der Waals surface area (Å²) in [6.45, 7) is 4.73. The summed E-state index contributed by atoms with van der Waals surface area (Å²) >= 11 is 5.71. The Bertz CT molecular complexity index is 351. The first-order chi connectivity index (χ1) is 8.31. The predicted octanol–water partition coefficient (Wildman–Crippen LogP) is 4.09. The molecule has 1 aromatic carbocycles. The van der Waals surface area contributed by atoms with Gasteiger partial charge in [0.15, 0.2) is 0 Å². The maximum absolute atomic E-state index is 5.71. The van der Waals surface area contributed by atoms with Gasteiger partial charge >= 0.3 is 0 Å². The second-order valence-electron chi connectivity index (χ2n) is 5.13. The van der Waals surface area contributed by atoms with Gasteiger partial charge in [0.05, 0.1) is 0 Å². The van der Waals surface area contributed by atoms with Crippen LogP contribution in [0.2, 0.25) is 0 Å². The molecule has 1 heterocycles. The maximum Gasteiger partial charge on any atom is 0.0398 e. The third-order valence-corrected chi connectivity index (χ3v) is 3.76. The van der Waals surface area contributed by atoms with E-state index in [4.69, 9.17) is 11.6 Å². The van der Waals surface area contributed by atoms with Crippen LogP contribution < -0.4 is 4.90 Å². The molecule has 0 aliphatic carbocycles. The second kappa shape index (κ2) is 6.30. The molecule has 0 fully saturated rings. The van der Waals surface area contributed by atoms with Crippen LogP contribution >= 0.6 is 11.6 Å². The maximum atomic E-state index is 5.71. The van der Waals surface area contributed by atoms with Gasteiger partial charge < -0.3 is 4.90 Å². The average Bonchev–Trinajstić information content (AvgIpc) is 2.34. The van der Waals surface area contributed by atoms with E-state index in [-0.39, 0.29) is 0 Å². The van der Waals surface area contributed by atoms with Gasteiger partial charge in [0.1, 0.15) is 0 Å². The summed E-state index contributed by atoms with van der Waals surface area (Å²) in [5.74, 6) is 1.57. The lowest BCUT2D eigenvalue weighted by molar-refractivity contribution is 0.522. The molecule has 0 aromatic heterocycles. The first-order valence-electron chi connectivity index (χ1n) is 6.70. The third-order valence-electron chi connectivity index (χ3n) is 3.49. The van der Waals surface area contributed by atoms with E-state index in [1.807, 2.05) is 0 Å². The Morgan fingerprint density at radius 3 is 2.88 bits per heavy atom. The predicted molar refractivity (Wildman–Crippen MR) is 76.1 cm³/mol. The minimum Gasteiger partial charge on any atom is -0.371 e. The molecule has 0 amide bonds. The Hall–Kier alpha value is -0.690. The molecule has 0 bridgehead atoms. The number of anilines is 1. The number of para-hydroxylation sites is 1. The van der Waals surface area contributed by atoms with Crippen molar-refractivity contribution in [3.8, 4) is 0 Å². The number of benzene rings is 1. The van der Waals surface area contributed by atoms with E-state index in [2.05, 4.69) is 36.1 Å². The van der Waals surface area contributed by atoms with Gasteiger partial charge in [-0.05, 0) is 36.8 Å². The largest absolute Gasteiger partial charge is 0.371 e. The van der Waals surface area contributed by atoms with Crippen LogP contribution in [0.25, 0.3) is 0 Å². The van der Waals surface area contributed by atoms with Crippen LogP contribution in [0, 0.1) is 5.92 Å². The van der Waals surface area contributed by atoms with Crippen molar-refractivity contribution < 1.29 is 0 Å². The highest BCUT2D eigenvalue weighted by atomic mass is 35.5. The normalized spacial score (nSPS) is 19.2. The van der Waals surface area contributed by atoms with E-state index in [0.717, 1.165) is 18.2 Å². The molecule has 1 atom stereocenters. The summed E-state index contributed by atoms with van der Waals surface area (Å²) in [5, 5.41) is 0. The van der Waals surface area contributed by atoms with Crippen LogP contribution in [0.1, 0.15) is 31.7 Å². The minimum absolute atomic E-state index is 0.776. The Labute approximate surface area is 110 Å². The van der Waals surface area contributed by atoms with Crippen molar-refractivity contribution >= 4 is 17.3 Å². The molecule has 1 aromatic rings. The van der Waals surface area contributed by atoms with Gasteiger partial charge in [-0.2, -0.15) is 0 Å². The van der Waals surface area contributed by atoms with Crippen LogP contribution in [-0.4, -0.2) is 19.0 Å². The Morgan fingerprint density at radius 2 is 2.06 bits per heavy atom. The Kier molecular flexibility index (Phi) is 4.73. The number of nitrogens with zero attached hydrogens (tertiary/aromatic N) is 1. The molecule has 0 saturated heterocycles. The van der Waals surface area contributed by atoms with Crippen LogP contribution in [0.5, 0.6) is 0 Å². The van der Waals surface area contributed by atoms with E-state index in [9.17, 15) is 0 Å². The number of hydrogen-bond donors (Lipinski definition) is 0. The smallest absolute Gasteiger partial charge is 0.0398 e. The zero-order valence-electron chi connectivity index (χ0n) is 10.7. The van der Waals surface area contributed by atoms with Crippen molar-refractivity contribution in [2.45, 2.75) is 32.6 Å². The number of fused-ring (bicyclic) bond motifs is 1. The standard InChI is InChI=1S/C15H22ClN/c1-13-11-14-7-3-4-8-15(14)17(12-13)10-6-2-5-9-16/h3-4,7-8,13H,2,5-6,9-12H2,1H3. The van der Waals surface area contributed by atoms with Gasteiger partial charge in [-0.3, -0.25) is 0 Å². The van der Waals surface area contributed by atoms with Crippen molar-refractivity contribution in [3.05, 3.63) is 29.8 Å². The summed E-state index contributed by atoms with van der Waals surface area (Å²) in [6, 6.07) is 8.85. The summed E-state index contributed by atoms with van der Waals surface area (Å²) in [6.07, 6.45) is 4.88. The fraction of sp³-hybridized carbons (Fsp3) is 0.600. The third kappa shape index (κ3) is 3.38. The molecule has 1 unspecified atom stereocenters. The van der Waals surface area contributed by atoms with E-state index < -0.39 is 0 Å². The highest BCUT2D eigenvalue weighted by Gasteiger charge is 2.20. The van der Waals surface area contributed by atoms with Gasteiger partial charge in [0.2, 0.25) is 0 Å². The van der Waals surface area contributed by atoms with Crippen molar-refractivity contribution in [2.75, 3.05) is 23.9 Å². The molecule has 94 valence electrons. The molecule has 1 aliphatic heterocycles. The molecular formula is C15H22ClN. The number of unbranched alkanes of at least 4 members (excludes halogenated alkanes) is 2. The van der Waals surface area contributed by atoms with Crippen molar-refractivity contribution in [1.29, 1.82) is 0 Å². The zero-order valence-corrected chi connectivity index (χ0v) is 11.4. The number of hydrogen-bond acceptors (Lipinski definition) is 1. The van der Waals surface area contributed by atoms with Crippen molar-refractivity contribution in [1.82, 2.24) is 0 Å². The molecular weight excluding hydrogens is 230 g/mol. The lowest BCUT2D eigenvalue weighted by atomic mass is 9.94. The monoisotopic (exact) mass is 251 g/mol. The van der Waals surface area contributed by atoms with Crippen LogP contribution in [0.3, 0.4) is 0 Å². The van der Waals surface area contributed by atoms with Gasteiger partial charge in [-0.25, -0.2) is 0 Å². The zero-order chi connectivity index (χ0) is 12.1. The number of rotatable bonds is 5. The SMILES string of the molecule is CC1Cc2ccccc2N(CCCCCCl)C1. The molecule has 2 rings (SSSR count). The summed E-state index contributed by atoms with van der Waals surface area (Å²) in [5.41, 5.74) is 2.97. The molecule has 2 heteroatoms. The topological polar surface area (TPSA) is 3.24 Å². The first kappa shape index (κ1) is 12.8. The summed E-state index contributed by atoms with van der Waals surface area (Å²) in [7, 11) is 0. The summed E-state index contributed by atoms with van der Waals surface area (Å²) in [4.78, 5) is 2.55. The first-order valence-corrected chi connectivity index (χ1v) is 7.23. The molecule has 1 nitrogen and oxygen atoms in total. The van der Waals surface area contributed by atoms with E-state index in [1.165, 1.54) is 43.6 Å². The number of halogens is 1. The highest BCUT2D eigenvalue weighted by Crippen LogP contribution is 2.29. The molecule has 0 radical (unpaired) electrons. The highest BCUT2D eigenvalue weighted by molar-refractivity contribution is 6.17. The van der Waals surface area contributed by atoms with Gasteiger partial charge in [-0.1, -0.05) is 31.5 Å². The fourth-order valence-electron chi connectivity index (χ4n) is 2.69. The van der Waals surface area contributed by atoms with Crippen molar-refractivity contribution in [2.24, 2.45) is 5.92 Å². The second-order valence-corrected chi connectivity index (χ2v) is 5.51. The van der Waals surface area contributed by atoms with Gasteiger partial charge in [-0.15, -0.1) is 11.6 Å². The lowest BCUT2D eigenvalue weighted by Crippen LogP contribution is -2.34. The van der Waals surface area contributed by atoms with E-state index in [1.54, 1.807) is 0 Å². The molecule has 0 spiro atoms. The summed E-state index contributed by atoms with van der Waals surface area (Å²) < 4.78 is 0. The van der Waals surface area contributed by atoms with Crippen LogP contribution in [0.4, 0.5) is 5.69 Å². The molecule has 0 N–H and O–H groups in total. The van der Waals surface area contributed by atoms with Crippen LogP contribution in [-0.2, 0) is 6.42 Å². The lowest BCUT2D eigenvalue weighted by Gasteiger charge is -2.35. The van der Waals surface area contributed by atoms with Gasteiger partial charge in [0, 0.05) is 24.7 Å². The van der Waals surface area contributed by atoms with Crippen molar-refractivity contribution in [3.63, 3.8) is 0 Å². The van der Waals surface area contributed by atoms with Crippen LogP contribution in [0.15, 0.2) is 24.3 Å². The number of alkyl halides is 1.